The van der Waals surface area contributed by atoms with Gasteiger partial charge in [0.15, 0.2) is 0 Å². The van der Waals surface area contributed by atoms with Gasteiger partial charge in [0.05, 0.1) is 11.4 Å². The standard InChI is InChI=1S/C17H19FN2O2.C11H8O3/c1-17(2,3)22-16(21)20-15-9-6-12(10-14(15)19)11-4-7-13(18)8-5-11;12-11(13)10-7-6-9(14-10)8-4-2-1-3-5-8/h4-10H,19H2,1-3H3,(H,20,21);1-7H,(H,12,13). The molecule has 36 heavy (non-hydrogen) atoms. The summed E-state index contributed by atoms with van der Waals surface area (Å²) in [5.74, 6) is -0.807. The van der Waals surface area contributed by atoms with E-state index in [4.69, 9.17) is 20.0 Å². The molecule has 0 saturated heterocycles. The average Bonchev–Trinajstić information content (AvgIpc) is 3.32. The fourth-order valence-corrected chi connectivity index (χ4v) is 3.12. The number of hydrogen-bond donors (Lipinski definition) is 3. The molecule has 0 unspecified atom stereocenters. The third-order valence-corrected chi connectivity index (χ3v) is 4.74. The van der Waals surface area contributed by atoms with Gasteiger partial charge in [-0.1, -0.05) is 48.5 Å². The number of aromatic carboxylic acids is 1. The summed E-state index contributed by atoms with van der Waals surface area (Å²) >= 11 is 0. The van der Waals surface area contributed by atoms with Gasteiger partial charge in [0.2, 0.25) is 5.76 Å². The number of amides is 1. The molecule has 1 heterocycles. The molecular weight excluding hydrogens is 463 g/mol. The van der Waals surface area contributed by atoms with Crippen molar-refractivity contribution < 1.29 is 28.2 Å². The summed E-state index contributed by atoms with van der Waals surface area (Å²) in [6.45, 7) is 5.36. The van der Waals surface area contributed by atoms with E-state index < -0.39 is 17.7 Å². The number of halogens is 1. The summed E-state index contributed by atoms with van der Waals surface area (Å²) in [7, 11) is 0. The second-order valence-corrected chi connectivity index (χ2v) is 8.77. The number of carboxylic acids is 1. The molecule has 0 bridgehead atoms. The third kappa shape index (κ3) is 7.46. The van der Waals surface area contributed by atoms with Crippen LogP contribution in [0.5, 0.6) is 0 Å². The lowest BCUT2D eigenvalue weighted by atomic mass is 10.0. The second kappa shape index (κ2) is 11.2. The summed E-state index contributed by atoms with van der Waals surface area (Å²) in [6.07, 6.45) is -0.561. The molecule has 0 aliphatic carbocycles. The first kappa shape index (κ1) is 26.0. The van der Waals surface area contributed by atoms with E-state index in [1.165, 1.54) is 18.2 Å². The van der Waals surface area contributed by atoms with Gasteiger partial charge in [-0.25, -0.2) is 14.0 Å². The highest BCUT2D eigenvalue weighted by atomic mass is 19.1. The maximum absolute atomic E-state index is 12.9. The van der Waals surface area contributed by atoms with Crippen LogP contribution in [0.15, 0.2) is 89.3 Å². The number of carbonyl (C=O) groups excluding carboxylic acids is 1. The van der Waals surface area contributed by atoms with E-state index in [1.807, 2.05) is 30.3 Å². The van der Waals surface area contributed by atoms with Crippen LogP contribution in [0.25, 0.3) is 22.5 Å². The van der Waals surface area contributed by atoms with Crippen LogP contribution in [0, 0.1) is 5.82 Å². The quantitative estimate of drug-likeness (QED) is 0.264. The molecule has 1 aromatic heterocycles. The second-order valence-electron chi connectivity index (χ2n) is 8.77. The van der Waals surface area contributed by atoms with Crippen LogP contribution in [0.1, 0.15) is 31.3 Å². The molecule has 4 rings (SSSR count). The minimum atomic E-state index is -1.05. The lowest BCUT2D eigenvalue weighted by Gasteiger charge is -2.20. The molecule has 7 nitrogen and oxygen atoms in total. The minimum Gasteiger partial charge on any atom is -0.475 e. The van der Waals surface area contributed by atoms with Gasteiger partial charge >= 0.3 is 12.1 Å². The Labute approximate surface area is 208 Å². The highest BCUT2D eigenvalue weighted by molar-refractivity contribution is 5.90. The summed E-state index contributed by atoms with van der Waals surface area (Å²) in [5, 5.41) is 11.3. The van der Waals surface area contributed by atoms with Gasteiger partial charge in [0, 0.05) is 5.56 Å². The van der Waals surface area contributed by atoms with Crippen molar-refractivity contribution >= 4 is 23.4 Å². The number of rotatable bonds is 4. The average molecular weight is 491 g/mol. The van der Waals surface area contributed by atoms with E-state index in [-0.39, 0.29) is 11.6 Å². The molecule has 4 N–H and O–H groups in total. The summed E-state index contributed by atoms with van der Waals surface area (Å²) in [5.41, 5.74) is 8.82. The number of carbonyl (C=O) groups is 2. The number of hydrogen-bond acceptors (Lipinski definition) is 5. The van der Waals surface area contributed by atoms with Crippen molar-refractivity contribution in [2.24, 2.45) is 0 Å². The Balaban J connectivity index is 0.000000221. The number of furan rings is 1. The monoisotopic (exact) mass is 490 g/mol. The van der Waals surface area contributed by atoms with Crippen LogP contribution in [0.2, 0.25) is 0 Å². The maximum Gasteiger partial charge on any atom is 0.412 e. The van der Waals surface area contributed by atoms with Gasteiger partial charge < -0.3 is 20.0 Å². The number of nitrogen functional groups attached to an aromatic ring is 1. The number of benzene rings is 3. The Morgan fingerprint density at radius 3 is 2.08 bits per heavy atom. The van der Waals surface area contributed by atoms with Crippen molar-refractivity contribution in [2.75, 3.05) is 11.1 Å². The number of nitrogens with two attached hydrogens (primary N) is 1. The van der Waals surface area contributed by atoms with Gasteiger partial charge in [-0.15, -0.1) is 0 Å². The van der Waals surface area contributed by atoms with Crippen LogP contribution in [0.4, 0.5) is 20.6 Å². The molecule has 0 fully saturated rings. The third-order valence-electron chi connectivity index (χ3n) is 4.74. The van der Waals surface area contributed by atoms with Gasteiger partial charge in [0.25, 0.3) is 0 Å². The first-order chi connectivity index (χ1) is 17.0. The van der Waals surface area contributed by atoms with Crippen molar-refractivity contribution in [3.05, 3.63) is 96.5 Å². The normalized spacial score (nSPS) is 10.7. The molecule has 3 aromatic carbocycles. The van der Waals surface area contributed by atoms with E-state index in [1.54, 1.807) is 57.2 Å². The lowest BCUT2D eigenvalue weighted by Crippen LogP contribution is -2.27. The van der Waals surface area contributed by atoms with E-state index in [0.717, 1.165) is 16.7 Å². The molecule has 0 spiro atoms. The highest BCUT2D eigenvalue weighted by Gasteiger charge is 2.17. The fraction of sp³-hybridized carbons (Fsp3) is 0.143. The molecule has 0 atom stereocenters. The summed E-state index contributed by atoms with van der Waals surface area (Å²) in [6, 6.07) is 23.8. The molecule has 0 aliphatic heterocycles. The van der Waals surface area contributed by atoms with E-state index in [2.05, 4.69) is 5.32 Å². The van der Waals surface area contributed by atoms with Crippen LogP contribution < -0.4 is 11.1 Å². The Morgan fingerprint density at radius 1 is 0.889 bits per heavy atom. The zero-order valence-corrected chi connectivity index (χ0v) is 20.1. The van der Waals surface area contributed by atoms with Crippen molar-refractivity contribution in [1.82, 2.24) is 0 Å². The number of anilines is 2. The summed E-state index contributed by atoms with van der Waals surface area (Å²) in [4.78, 5) is 22.3. The van der Waals surface area contributed by atoms with Crippen LogP contribution in [-0.4, -0.2) is 22.8 Å². The zero-order valence-electron chi connectivity index (χ0n) is 20.1. The van der Waals surface area contributed by atoms with Gasteiger partial charge in [-0.2, -0.15) is 0 Å². The number of nitrogens with one attached hydrogen (secondary N) is 1. The molecule has 0 radical (unpaired) electrons. The van der Waals surface area contributed by atoms with E-state index in [9.17, 15) is 14.0 Å². The molecule has 4 aromatic rings. The number of carboxylic acid groups (broad SMARTS) is 1. The minimum absolute atomic E-state index is 0.0381. The molecular formula is C28H27FN2O5. The molecule has 1 amide bonds. The molecule has 0 aliphatic rings. The Kier molecular flexibility index (Phi) is 8.11. The maximum atomic E-state index is 12.9. The predicted molar refractivity (Wildman–Crippen MR) is 137 cm³/mol. The first-order valence-corrected chi connectivity index (χ1v) is 11.1. The molecule has 0 saturated carbocycles. The Bertz CT molecular complexity index is 1330. The van der Waals surface area contributed by atoms with E-state index >= 15 is 0 Å². The Hall–Kier alpha value is -4.59. The molecule has 186 valence electrons. The van der Waals surface area contributed by atoms with E-state index in [0.29, 0.717) is 17.1 Å². The van der Waals surface area contributed by atoms with Gasteiger partial charge in [-0.05, 0) is 68.3 Å². The summed E-state index contributed by atoms with van der Waals surface area (Å²) < 4.78 is 23.2. The van der Waals surface area contributed by atoms with Gasteiger partial charge in [0.1, 0.15) is 17.2 Å². The van der Waals surface area contributed by atoms with Crippen LogP contribution >= 0.6 is 0 Å². The highest BCUT2D eigenvalue weighted by Crippen LogP contribution is 2.27. The first-order valence-electron chi connectivity index (χ1n) is 11.1. The topological polar surface area (TPSA) is 115 Å². The smallest absolute Gasteiger partial charge is 0.412 e. The van der Waals surface area contributed by atoms with Crippen LogP contribution in [-0.2, 0) is 4.74 Å². The van der Waals surface area contributed by atoms with Crippen molar-refractivity contribution in [3.8, 4) is 22.5 Å². The van der Waals surface area contributed by atoms with Crippen molar-refractivity contribution in [2.45, 2.75) is 26.4 Å². The Morgan fingerprint density at radius 2 is 1.53 bits per heavy atom. The predicted octanol–water partition coefficient (Wildman–Crippen LogP) is 7.07. The largest absolute Gasteiger partial charge is 0.475 e. The fourth-order valence-electron chi connectivity index (χ4n) is 3.12. The zero-order chi connectivity index (χ0) is 26.3. The van der Waals surface area contributed by atoms with Crippen molar-refractivity contribution in [1.29, 1.82) is 0 Å². The van der Waals surface area contributed by atoms with Crippen molar-refractivity contribution in [3.63, 3.8) is 0 Å². The van der Waals surface area contributed by atoms with Crippen LogP contribution in [0.3, 0.4) is 0 Å². The lowest BCUT2D eigenvalue weighted by molar-refractivity contribution is 0.0632. The number of ether oxygens (including phenoxy) is 1. The van der Waals surface area contributed by atoms with Gasteiger partial charge in [-0.3, -0.25) is 5.32 Å². The SMILES string of the molecule is CC(C)(C)OC(=O)Nc1ccc(-c2ccc(F)cc2)cc1N.O=C(O)c1ccc(-c2ccccc2)o1. The molecule has 8 heteroatoms.